The second-order valence-electron chi connectivity index (χ2n) is 14.3. The molecule has 5 rings (SSSR count). The molecule has 0 spiro atoms. The molecule has 1 aromatic carbocycles. The molecule has 2 aromatic heterocycles. The molecule has 3 N–H and O–H groups in total. The molecule has 1 amide bonds. The zero-order valence-electron chi connectivity index (χ0n) is 29.1. The predicted octanol–water partition coefficient (Wildman–Crippen LogP) is 8.37. The van der Waals surface area contributed by atoms with Crippen molar-refractivity contribution in [3.63, 3.8) is 0 Å². The Morgan fingerprint density at radius 1 is 0.979 bits per heavy atom. The fourth-order valence-electron chi connectivity index (χ4n) is 6.90. The first-order valence-corrected chi connectivity index (χ1v) is 18.8. The fourth-order valence-corrected chi connectivity index (χ4v) is 6.90. The average molecular weight is 646 g/mol. The van der Waals surface area contributed by atoms with Crippen LogP contribution in [0.5, 0.6) is 5.75 Å². The van der Waals surface area contributed by atoms with Crippen LogP contribution in [-0.2, 0) is 0 Å². The van der Waals surface area contributed by atoms with Crippen LogP contribution in [0.2, 0.25) is 0 Å². The van der Waals surface area contributed by atoms with Crippen molar-refractivity contribution in [1.29, 1.82) is 0 Å². The van der Waals surface area contributed by atoms with Crippen molar-refractivity contribution in [2.45, 2.75) is 135 Å². The highest BCUT2D eigenvalue weighted by atomic mass is 16.5. The minimum absolute atomic E-state index is 0.109. The Balaban J connectivity index is 1.01. The highest BCUT2D eigenvalue weighted by Crippen LogP contribution is 2.36. The number of aromatic nitrogens is 3. The number of carbonyl (C=O) groups excluding carboxylic acids is 1. The van der Waals surface area contributed by atoms with Crippen molar-refractivity contribution >= 4 is 16.9 Å². The van der Waals surface area contributed by atoms with E-state index in [4.69, 9.17) is 4.74 Å². The van der Waals surface area contributed by atoms with Gasteiger partial charge in [0.1, 0.15) is 23.3 Å². The van der Waals surface area contributed by atoms with Gasteiger partial charge in [-0.3, -0.25) is 4.79 Å². The molecule has 1 aliphatic carbocycles. The summed E-state index contributed by atoms with van der Waals surface area (Å²) >= 11 is 0. The maximum absolute atomic E-state index is 13.4. The molecule has 8 nitrogen and oxygen atoms in total. The largest absolute Gasteiger partial charge is 0.493 e. The third-order valence-electron chi connectivity index (χ3n) is 10.1. The van der Waals surface area contributed by atoms with Gasteiger partial charge in [-0.25, -0.2) is 9.97 Å². The maximum atomic E-state index is 13.4. The van der Waals surface area contributed by atoms with Crippen LogP contribution in [0.1, 0.15) is 132 Å². The van der Waals surface area contributed by atoms with E-state index < -0.39 is 0 Å². The topological polar surface area (TPSA) is 103 Å². The van der Waals surface area contributed by atoms with Gasteiger partial charge in [0.2, 0.25) is 0 Å². The van der Waals surface area contributed by atoms with Crippen molar-refractivity contribution in [3.05, 3.63) is 41.9 Å². The number of hydrogen-bond acceptors (Lipinski definition) is 6. The third kappa shape index (κ3) is 11.0. The number of aryl methyl sites for hydroxylation is 1. The number of benzene rings is 1. The normalized spacial score (nSPS) is 16.5. The monoisotopic (exact) mass is 645 g/mol. The molecule has 8 heteroatoms. The Labute approximate surface area is 282 Å². The molecule has 0 radical (unpaired) electrons. The van der Waals surface area contributed by atoms with E-state index in [1.54, 1.807) is 6.20 Å². The molecule has 1 atom stereocenters. The lowest BCUT2D eigenvalue weighted by Crippen LogP contribution is -2.46. The Hall–Kier alpha value is -2.97. The van der Waals surface area contributed by atoms with Gasteiger partial charge in [0, 0.05) is 37.4 Å². The summed E-state index contributed by atoms with van der Waals surface area (Å²) in [5.41, 5.74) is 4.70. The first-order chi connectivity index (χ1) is 23.0. The number of carbonyl (C=O) groups is 1. The molecule has 2 fully saturated rings. The van der Waals surface area contributed by atoms with Crippen LogP contribution in [0, 0.1) is 12.8 Å². The van der Waals surface area contributed by atoms with Crippen molar-refractivity contribution < 1.29 is 14.6 Å². The summed E-state index contributed by atoms with van der Waals surface area (Å²) in [4.78, 5) is 28.2. The van der Waals surface area contributed by atoms with Gasteiger partial charge in [-0.15, -0.1) is 0 Å². The fraction of sp³-hybridized carbons (Fsp3) is 0.667. The molecular formula is C39H59N5O3. The van der Waals surface area contributed by atoms with E-state index in [0.717, 1.165) is 80.0 Å². The van der Waals surface area contributed by atoms with Crippen LogP contribution in [0.4, 0.5) is 0 Å². The molecular weight excluding hydrogens is 586 g/mol. The number of ether oxygens (including phenoxy) is 1. The zero-order valence-corrected chi connectivity index (χ0v) is 29.1. The number of unbranched alkanes of at least 4 members (excludes halogenated alkanes) is 11. The third-order valence-corrected chi connectivity index (χ3v) is 10.1. The molecule has 47 heavy (non-hydrogen) atoms. The number of aliphatic hydroxyl groups excluding tert-OH is 1. The molecule has 1 aliphatic heterocycles. The zero-order chi connectivity index (χ0) is 32.8. The number of likely N-dealkylation sites (tertiary alicyclic amines) is 1. The molecule has 1 unspecified atom stereocenters. The standard InChI is InChI=1S/C39H59N5O3/c1-3-4-5-6-7-8-9-10-11-12-13-14-15-32(45)26-44-22-20-31(21-23-44)43-39(46)34-25-40-38-36(41-28-42-37(34)38)33-24-29(2)16-19-35(33)47-27-30-17-18-30/h16,19,24-25,28,30-32,40,45H,3-15,17-18,20-23,26-27H2,1-2H3,(H,43,46). The second kappa shape index (κ2) is 18.5. The lowest BCUT2D eigenvalue weighted by atomic mass is 10.0. The van der Waals surface area contributed by atoms with Crippen LogP contribution < -0.4 is 10.1 Å². The van der Waals surface area contributed by atoms with Gasteiger partial charge >= 0.3 is 0 Å². The van der Waals surface area contributed by atoms with E-state index in [2.05, 4.69) is 51.1 Å². The number of fused-ring (bicyclic) bond motifs is 1. The van der Waals surface area contributed by atoms with Gasteiger partial charge in [0.15, 0.2) is 0 Å². The lowest BCUT2D eigenvalue weighted by Gasteiger charge is -2.33. The van der Waals surface area contributed by atoms with Gasteiger partial charge < -0.3 is 25.0 Å². The average Bonchev–Trinajstić information content (AvgIpc) is 3.80. The number of H-pyrrole nitrogens is 1. The SMILES string of the molecule is CCCCCCCCCCCCCCC(O)CN1CCC(NC(=O)c2c[nH]c3c(-c4cc(C)ccc4OCC4CC4)ncnc23)CC1. The summed E-state index contributed by atoms with van der Waals surface area (Å²) in [6, 6.07) is 6.28. The van der Waals surface area contributed by atoms with E-state index >= 15 is 0 Å². The number of nitrogens with zero attached hydrogens (tertiary/aromatic N) is 3. The van der Waals surface area contributed by atoms with Gasteiger partial charge in [-0.1, -0.05) is 95.6 Å². The van der Waals surface area contributed by atoms with E-state index in [0.29, 0.717) is 17.0 Å². The number of aromatic amines is 1. The second-order valence-corrected chi connectivity index (χ2v) is 14.3. The number of rotatable bonds is 21. The maximum Gasteiger partial charge on any atom is 0.255 e. The van der Waals surface area contributed by atoms with E-state index in [9.17, 15) is 9.90 Å². The summed E-state index contributed by atoms with van der Waals surface area (Å²) in [5.74, 6) is 1.35. The molecule has 1 saturated heterocycles. The van der Waals surface area contributed by atoms with E-state index in [1.165, 1.54) is 89.8 Å². The molecule has 3 aromatic rings. The van der Waals surface area contributed by atoms with Crippen LogP contribution >= 0.6 is 0 Å². The van der Waals surface area contributed by atoms with Crippen molar-refractivity contribution in [3.8, 4) is 17.0 Å². The van der Waals surface area contributed by atoms with Crippen molar-refractivity contribution in [2.24, 2.45) is 5.92 Å². The molecule has 2 aliphatic rings. The Morgan fingerprint density at radius 3 is 2.34 bits per heavy atom. The summed E-state index contributed by atoms with van der Waals surface area (Å²) in [6.07, 6.45) is 24.2. The predicted molar refractivity (Wildman–Crippen MR) is 191 cm³/mol. The quantitative estimate of drug-likeness (QED) is 0.101. The Kier molecular flexibility index (Phi) is 13.9. The lowest BCUT2D eigenvalue weighted by molar-refractivity contribution is 0.0792. The van der Waals surface area contributed by atoms with Gasteiger partial charge in [-0.05, 0) is 57.1 Å². The minimum Gasteiger partial charge on any atom is -0.493 e. The number of β-amino-alcohol motifs (C(OH)–C–C–N with tert-alkyl or cyclic N) is 1. The van der Waals surface area contributed by atoms with Crippen LogP contribution in [0.25, 0.3) is 22.3 Å². The van der Waals surface area contributed by atoms with Crippen LogP contribution in [0.15, 0.2) is 30.7 Å². The minimum atomic E-state index is -0.266. The first-order valence-electron chi connectivity index (χ1n) is 18.8. The van der Waals surface area contributed by atoms with Crippen molar-refractivity contribution in [2.75, 3.05) is 26.2 Å². The molecule has 1 saturated carbocycles. The number of piperidine rings is 1. The Morgan fingerprint density at radius 2 is 1.66 bits per heavy atom. The van der Waals surface area contributed by atoms with E-state index in [1.807, 2.05) is 6.07 Å². The highest BCUT2D eigenvalue weighted by molar-refractivity contribution is 6.08. The molecule has 258 valence electrons. The number of hydrogen-bond donors (Lipinski definition) is 3. The number of amides is 1. The summed E-state index contributed by atoms with van der Waals surface area (Å²) in [5, 5.41) is 13.9. The van der Waals surface area contributed by atoms with Crippen LogP contribution in [-0.4, -0.2) is 69.3 Å². The van der Waals surface area contributed by atoms with Gasteiger partial charge in [0.05, 0.1) is 23.8 Å². The first kappa shape index (κ1) is 35.3. The highest BCUT2D eigenvalue weighted by Gasteiger charge is 2.26. The van der Waals surface area contributed by atoms with E-state index in [-0.39, 0.29) is 18.1 Å². The molecule has 0 bridgehead atoms. The van der Waals surface area contributed by atoms with Crippen LogP contribution in [0.3, 0.4) is 0 Å². The summed E-state index contributed by atoms with van der Waals surface area (Å²) < 4.78 is 6.19. The summed E-state index contributed by atoms with van der Waals surface area (Å²) in [6.45, 7) is 7.56. The summed E-state index contributed by atoms with van der Waals surface area (Å²) in [7, 11) is 0. The smallest absolute Gasteiger partial charge is 0.255 e. The van der Waals surface area contributed by atoms with Gasteiger partial charge in [-0.2, -0.15) is 0 Å². The Bertz CT molecular complexity index is 1380. The number of aliphatic hydroxyl groups is 1. The van der Waals surface area contributed by atoms with Crippen molar-refractivity contribution in [1.82, 2.24) is 25.2 Å². The van der Waals surface area contributed by atoms with Gasteiger partial charge in [0.25, 0.3) is 5.91 Å². The molecule has 3 heterocycles. The number of nitrogens with one attached hydrogen (secondary N) is 2.